The summed E-state index contributed by atoms with van der Waals surface area (Å²) in [5.74, 6) is 0.817. The Hall–Kier alpha value is -2.42. The summed E-state index contributed by atoms with van der Waals surface area (Å²) in [7, 11) is 0. The lowest BCUT2D eigenvalue weighted by molar-refractivity contribution is -0.831. The first-order chi connectivity index (χ1) is 20.7. The smallest absolute Gasteiger partial charge is 0.149 e. The van der Waals surface area contributed by atoms with Crippen LogP contribution >= 0.6 is 0 Å². The van der Waals surface area contributed by atoms with Crippen molar-refractivity contribution in [3.05, 3.63) is 108 Å². The largest absolute Gasteiger partial charge is 0.310 e. The van der Waals surface area contributed by atoms with Crippen LogP contribution in [0.3, 0.4) is 0 Å². The average molecular weight is 562 g/mol. The second-order valence-corrected chi connectivity index (χ2v) is 14.8. The highest BCUT2D eigenvalue weighted by Gasteiger charge is 2.69. The van der Waals surface area contributed by atoms with E-state index in [1.54, 1.807) is 0 Å². The van der Waals surface area contributed by atoms with Crippen LogP contribution in [0, 0.1) is 11.3 Å². The first kappa shape index (κ1) is 28.4. The van der Waals surface area contributed by atoms with Crippen molar-refractivity contribution in [2.24, 2.45) is 11.3 Å². The van der Waals surface area contributed by atoms with Crippen LogP contribution in [-0.4, -0.2) is 41.7 Å². The fourth-order valence-electron chi connectivity index (χ4n) is 9.62. The molecule has 4 fully saturated rings. The van der Waals surface area contributed by atoms with Gasteiger partial charge in [0, 0.05) is 37.8 Å². The van der Waals surface area contributed by atoms with Gasteiger partial charge in [-0.3, -0.25) is 0 Å². The summed E-state index contributed by atoms with van der Waals surface area (Å²) in [6.07, 6.45) is 19.4. The average Bonchev–Trinajstić information content (AvgIpc) is 3.90. The van der Waals surface area contributed by atoms with Crippen LogP contribution in [-0.2, 0) is 19.3 Å². The Balaban J connectivity index is 1.08. The monoisotopic (exact) mass is 561 g/mol. The van der Waals surface area contributed by atoms with Crippen molar-refractivity contribution in [2.45, 2.75) is 108 Å². The zero-order chi connectivity index (χ0) is 28.3. The third kappa shape index (κ3) is 6.13. The van der Waals surface area contributed by atoms with Crippen molar-refractivity contribution in [1.82, 2.24) is 5.32 Å². The maximum absolute atomic E-state index is 4.39. The van der Waals surface area contributed by atoms with Gasteiger partial charge in [-0.2, -0.15) is 0 Å². The Kier molecular flexibility index (Phi) is 8.30. The first-order valence-corrected chi connectivity index (χ1v) is 17.4. The standard InChI is InChI=1S/C40H53N2/c1-5-14-33(15-6-1)21-22-37(41-38-31-39(38)25-11-4-12-26-39)36-20-13-27-40(30-36)32-42(40,28-23-34-16-7-2-8-17-34)29-24-35-18-9-3-10-19-35/h1-3,5-10,14-19,36-38,41H,4,11-13,20-32H2/q+1. The molecule has 1 N–H and O–H groups in total. The number of rotatable bonds is 12. The molecule has 1 aliphatic heterocycles. The van der Waals surface area contributed by atoms with Crippen LogP contribution in [0.25, 0.3) is 0 Å². The van der Waals surface area contributed by atoms with E-state index in [0.717, 1.165) is 12.0 Å². The Morgan fingerprint density at radius 2 is 1.21 bits per heavy atom. The van der Waals surface area contributed by atoms with Crippen LogP contribution in [0.4, 0.5) is 0 Å². The summed E-state index contributed by atoms with van der Waals surface area (Å²) in [5, 5.41) is 4.39. The van der Waals surface area contributed by atoms with Crippen LogP contribution < -0.4 is 5.32 Å². The zero-order valence-electron chi connectivity index (χ0n) is 25.9. The molecule has 4 atom stereocenters. The second kappa shape index (κ2) is 12.3. The molecule has 4 aliphatic rings. The van der Waals surface area contributed by atoms with Gasteiger partial charge >= 0.3 is 0 Å². The summed E-state index contributed by atoms with van der Waals surface area (Å²) >= 11 is 0. The van der Waals surface area contributed by atoms with Crippen molar-refractivity contribution in [3.63, 3.8) is 0 Å². The summed E-state index contributed by atoms with van der Waals surface area (Å²) in [6.45, 7) is 4.01. The molecule has 1 heterocycles. The van der Waals surface area contributed by atoms with E-state index < -0.39 is 0 Å². The molecule has 2 spiro atoms. The Morgan fingerprint density at radius 3 is 1.81 bits per heavy atom. The molecule has 2 nitrogen and oxygen atoms in total. The van der Waals surface area contributed by atoms with Crippen LogP contribution in [0.15, 0.2) is 91.0 Å². The number of hydrogen-bond acceptors (Lipinski definition) is 1. The van der Waals surface area contributed by atoms with Crippen molar-refractivity contribution in [1.29, 1.82) is 0 Å². The van der Waals surface area contributed by atoms with Crippen molar-refractivity contribution >= 4 is 0 Å². The molecule has 3 saturated carbocycles. The Labute approximate surface area is 255 Å². The quantitative estimate of drug-likeness (QED) is 0.173. The summed E-state index contributed by atoms with van der Waals surface area (Å²) in [6, 6.07) is 35.3. The number of benzene rings is 3. The first-order valence-electron chi connectivity index (χ1n) is 17.4. The molecule has 0 bridgehead atoms. The van der Waals surface area contributed by atoms with Crippen molar-refractivity contribution in [2.75, 3.05) is 19.6 Å². The molecular weight excluding hydrogens is 508 g/mol. The molecule has 222 valence electrons. The van der Waals surface area contributed by atoms with Gasteiger partial charge in [0.25, 0.3) is 0 Å². The van der Waals surface area contributed by atoms with E-state index in [4.69, 9.17) is 0 Å². The van der Waals surface area contributed by atoms with Crippen molar-refractivity contribution < 1.29 is 4.48 Å². The predicted molar refractivity (Wildman–Crippen MR) is 175 cm³/mol. The number of nitrogens with one attached hydrogen (secondary N) is 1. The minimum absolute atomic E-state index is 0.505. The summed E-state index contributed by atoms with van der Waals surface area (Å²) < 4.78 is 1.35. The molecule has 3 aromatic rings. The van der Waals surface area contributed by atoms with E-state index in [0.29, 0.717) is 17.0 Å². The number of nitrogens with zero attached hydrogens (tertiary/aromatic N) is 1. The van der Waals surface area contributed by atoms with E-state index in [9.17, 15) is 0 Å². The fraction of sp³-hybridized carbons (Fsp3) is 0.550. The normalized spacial score (nSPS) is 28.0. The summed E-state index contributed by atoms with van der Waals surface area (Å²) in [5.41, 5.74) is 5.70. The minimum Gasteiger partial charge on any atom is -0.310 e. The van der Waals surface area contributed by atoms with E-state index in [1.165, 1.54) is 131 Å². The van der Waals surface area contributed by atoms with Gasteiger partial charge in [0.1, 0.15) is 12.1 Å². The molecule has 1 saturated heterocycles. The van der Waals surface area contributed by atoms with Crippen molar-refractivity contribution in [3.8, 4) is 0 Å². The van der Waals surface area contributed by atoms with Gasteiger partial charge in [-0.05, 0) is 73.0 Å². The third-order valence-corrected chi connectivity index (χ3v) is 12.3. The molecule has 3 aliphatic carbocycles. The maximum atomic E-state index is 4.39. The summed E-state index contributed by atoms with van der Waals surface area (Å²) in [4.78, 5) is 0. The van der Waals surface area contributed by atoms with Gasteiger partial charge in [-0.25, -0.2) is 0 Å². The lowest BCUT2D eigenvalue weighted by atomic mass is 9.75. The molecule has 3 aromatic carbocycles. The molecule has 0 amide bonds. The molecule has 0 radical (unpaired) electrons. The maximum Gasteiger partial charge on any atom is 0.149 e. The fourth-order valence-corrected chi connectivity index (χ4v) is 9.62. The van der Waals surface area contributed by atoms with Crippen LogP contribution in [0.5, 0.6) is 0 Å². The topological polar surface area (TPSA) is 12.0 Å². The Morgan fingerprint density at radius 1 is 0.643 bits per heavy atom. The number of aryl methyl sites for hydroxylation is 1. The highest BCUT2D eigenvalue weighted by molar-refractivity contribution is 5.18. The van der Waals surface area contributed by atoms with Crippen LogP contribution in [0.2, 0.25) is 0 Å². The van der Waals surface area contributed by atoms with Gasteiger partial charge in [0.05, 0.1) is 13.1 Å². The predicted octanol–water partition coefficient (Wildman–Crippen LogP) is 8.55. The molecule has 7 rings (SSSR count). The highest BCUT2D eigenvalue weighted by Crippen LogP contribution is 2.58. The highest BCUT2D eigenvalue weighted by atomic mass is 15.5. The minimum atomic E-state index is 0.505. The Bertz CT molecular complexity index is 1220. The van der Waals surface area contributed by atoms with Gasteiger partial charge in [-0.1, -0.05) is 110 Å². The second-order valence-electron chi connectivity index (χ2n) is 14.8. The molecule has 0 aromatic heterocycles. The third-order valence-electron chi connectivity index (χ3n) is 12.3. The van der Waals surface area contributed by atoms with Gasteiger partial charge < -0.3 is 9.80 Å². The number of hydrogen-bond donors (Lipinski definition) is 1. The van der Waals surface area contributed by atoms with E-state index in [2.05, 4.69) is 96.3 Å². The SMILES string of the molecule is c1ccc(CCC(NC2CC23CCCCC3)C2CCCC3(C2)C[N+]3(CCc2ccccc2)CCc2ccccc2)cc1. The van der Waals surface area contributed by atoms with E-state index >= 15 is 0 Å². The number of quaternary nitrogens is 1. The molecule has 4 unspecified atom stereocenters. The van der Waals surface area contributed by atoms with E-state index in [-0.39, 0.29) is 0 Å². The van der Waals surface area contributed by atoms with Gasteiger partial charge in [0.2, 0.25) is 0 Å². The molecule has 2 heteroatoms. The molecule has 42 heavy (non-hydrogen) atoms. The van der Waals surface area contributed by atoms with Gasteiger partial charge in [-0.15, -0.1) is 0 Å². The lowest BCUT2D eigenvalue weighted by Crippen LogP contribution is -2.47. The van der Waals surface area contributed by atoms with E-state index in [1.807, 2.05) is 0 Å². The molecular formula is C40H53N2+. The zero-order valence-corrected chi connectivity index (χ0v) is 25.9. The van der Waals surface area contributed by atoms with Gasteiger partial charge in [0.15, 0.2) is 0 Å². The van der Waals surface area contributed by atoms with Crippen LogP contribution in [0.1, 0.15) is 87.3 Å². The lowest BCUT2D eigenvalue weighted by Gasteiger charge is -2.38.